The lowest BCUT2D eigenvalue weighted by Crippen LogP contribution is -1.91. The molecule has 1 heterocycles. The van der Waals surface area contributed by atoms with Crippen molar-refractivity contribution in [1.29, 1.82) is 0 Å². The van der Waals surface area contributed by atoms with Gasteiger partial charge in [-0.3, -0.25) is 0 Å². The van der Waals surface area contributed by atoms with Crippen LogP contribution in [0.25, 0.3) is 0 Å². The van der Waals surface area contributed by atoms with Crippen molar-refractivity contribution in [3.05, 3.63) is 21.9 Å². The van der Waals surface area contributed by atoms with E-state index in [2.05, 4.69) is 24.8 Å². The number of hydrogen-bond donors (Lipinski definition) is 1. The molecule has 0 amide bonds. The maximum Gasteiger partial charge on any atom is 0.0990 e. The van der Waals surface area contributed by atoms with Crippen LogP contribution in [0.3, 0.4) is 0 Å². The van der Waals surface area contributed by atoms with Crippen LogP contribution < -0.4 is 0 Å². The lowest BCUT2D eigenvalue weighted by molar-refractivity contribution is 0.188. The van der Waals surface area contributed by atoms with Crippen LogP contribution >= 0.6 is 11.3 Å². The smallest absolute Gasteiger partial charge is 0.0990 e. The zero-order valence-electron chi connectivity index (χ0n) is 8.00. The molecule has 1 atom stereocenters. The van der Waals surface area contributed by atoms with Crippen molar-refractivity contribution in [2.75, 3.05) is 0 Å². The summed E-state index contributed by atoms with van der Waals surface area (Å²) >= 11 is 1.67. The summed E-state index contributed by atoms with van der Waals surface area (Å²) in [7, 11) is 0. The number of aryl methyl sites for hydroxylation is 1. The Morgan fingerprint density at radius 1 is 1.54 bits per heavy atom. The van der Waals surface area contributed by atoms with Gasteiger partial charge in [0.25, 0.3) is 0 Å². The minimum Gasteiger partial charge on any atom is -0.387 e. The normalized spacial score (nSPS) is 11.9. The Morgan fingerprint density at radius 2 is 2.31 bits per heavy atom. The third-order valence-corrected chi connectivity index (χ3v) is 3.16. The quantitative estimate of drug-likeness (QED) is 0.734. The third-order valence-electron chi connectivity index (χ3n) is 1.83. The van der Waals surface area contributed by atoms with Crippen molar-refractivity contribution < 1.29 is 5.11 Å². The molecule has 0 saturated heterocycles. The molecule has 1 unspecified atom stereocenters. The Hall–Kier alpha value is -0.780. The maximum absolute atomic E-state index is 9.67. The molecule has 0 aliphatic rings. The summed E-state index contributed by atoms with van der Waals surface area (Å²) < 4.78 is 0. The van der Waals surface area contributed by atoms with E-state index in [1.54, 1.807) is 18.3 Å². The van der Waals surface area contributed by atoms with Crippen molar-refractivity contribution >= 4 is 11.3 Å². The standard InChI is InChI=1S/C11H14OS/c1-3-5-6-10(12)11-8-7-9(4-2)13-11/h7-8,10,12H,4,6H2,1-2H3. The average molecular weight is 194 g/mol. The van der Waals surface area contributed by atoms with Gasteiger partial charge in [-0.25, -0.2) is 0 Å². The van der Waals surface area contributed by atoms with E-state index in [-0.39, 0.29) is 0 Å². The largest absolute Gasteiger partial charge is 0.387 e. The molecular formula is C11H14OS. The molecular weight excluding hydrogens is 180 g/mol. The van der Waals surface area contributed by atoms with Gasteiger partial charge < -0.3 is 5.11 Å². The summed E-state index contributed by atoms with van der Waals surface area (Å²) in [4.78, 5) is 2.35. The number of rotatable bonds is 3. The maximum atomic E-state index is 9.67. The lowest BCUT2D eigenvalue weighted by atomic mass is 10.2. The number of thiophene rings is 1. The van der Waals surface area contributed by atoms with Gasteiger partial charge >= 0.3 is 0 Å². The van der Waals surface area contributed by atoms with E-state index in [1.807, 2.05) is 6.07 Å². The highest BCUT2D eigenvalue weighted by Gasteiger charge is 2.07. The van der Waals surface area contributed by atoms with Gasteiger partial charge in [0.2, 0.25) is 0 Å². The predicted octanol–water partition coefficient (Wildman–Crippen LogP) is 2.76. The molecule has 0 spiro atoms. The van der Waals surface area contributed by atoms with E-state index in [0.717, 1.165) is 11.3 Å². The zero-order chi connectivity index (χ0) is 9.68. The van der Waals surface area contributed by atoms with Gasteiger partial charge in [0.1, 0.15) is 0 Å². The molecule has 1 N–H and O–H groups in total. The van der Waals surface area contributed by atoms with Crippen LogP contribution in [0.4, 0.5) is 0 Å². The summed E-state index contributed by atoms with van der Waals surface area (Å²) in [6.07, 6.45) is 1.18. The summed E-state index contributed by atoms with van der Waals surface area (Å²) in [5, 5.41) is 9.67. The Kier molecular flexibility index (Phi) is 4.01. The first-order valence-electron chi connectivity index (χ1n) is 4.44. The summed E-state index contributed by atoms with van der Waals surface area (Å²) in [5.74, 6) is 5.66. The van der Waals surface area contributed by atoms with E-state index in [4.69, 9.17) is 0 Å². The Bertz CT molecular complexity index is 316. The molecule has 13 heavy (non-hydrogen) atoms. The van der Waals surface area contributed by atoms with Gasteiger partial charge in [0.15, 0.2) is 0 Å². The third kappa shape index (κ3) is 2.87. The second kappa shape index (κ2) is 5.06. The van der Waals surface area contributed by atoms with Gasteiger partial charge in [-0.05, 0) is 25.5 Å². The monoisotopic (exact) mass is 194 g/mol. The van der Waals surface area contributed by atoms with Gasteiger partial charge in [-0.15, -0.1) is 23.2 Å². The summed E-state index contributed by atoms with van der Waals surface area (Å²) in [6, 6.07) is 4.06. The van der Waals surface area contributed by atoms with Gasteiger partial charge in [0.05, 0.1) is 6.10 Å². The highest BCUT2D eigenvalue weighted by molar-refractivity contribution is 7.12. The molecule has 1 rings (SSSR count). The molecule has 0 radical (unpaired) electrons. The van der Waals surface area contributed by atoms with Crippen LogP contribution in [-0.2, 0) is 6.42 Å². The Balaban J connectivity index is 2.63. The van der Waals surface area contributed by atoms with Crippen LogP contribution in [-0.4, -0.2) is 5.11 Å². The van der Waals surface area contributed by atoms with Crippen molar-refractivity contribution in [2.24, 2.45) is 0 Å². The topological polar surface area (TPSA) is 20.2 Å². The molecule has 1 nitrogen and oxygen atoms in total. The number of aliphatic hydroxyl groups excluding tert-OH is 1. The fourth-order valence-electron chi connectivity index (χ4n) is 1.06. The fraction of sp³-hybridized carbons (Fsp3) is 0.455. The van der Waals surface area contributed by atoms with Crippen LogP contribution in [0, 0.1) is 11.8 Å². The molecule has 0 aliphatic heterocycles. The molecule has 0 saturated carbocycles. The van der Waals surface area contributed by atoms with Gasteiger partial charge in [0, 0.05) is 16.2 Å². The predicted molar refractivity (Wildman–Crippen MR) is 56.7 cm³/mol. The fourth-order valence-corrected chi connectivity index (χ4v) is 2.00. The summed E-state index contributed by atoms with van der Waals surface area (Å²) in [5.41, 5.74) is 0. The zero-order valence-corrected chi connectivity index (χ0v) is 8.82. The first-order valence-corrected chi connectivity index (χ1v) is 5.25. The highest BCUT2D eigenvalue weighted by atomic mass is 32.1. The van der Waals surface area contributed by atoms with Crippen LogP contribution in [0.15, 0.2) is 12.1 Å². The molecule has 0 aromatic carbocycles. The van der Waals surface area contributed by atoms with Gasteiger partial charge in [-0.2, -0.15) is 0 Å². The molecule has 1 aromatic rings. The SMILES string of the molecule is CC#CCC(O)c1ccc(CC)s1. The van der Waals surface area contributed by atoms with Crippen LogP contribution in [0.1, 0.15) is 36.1 Å². The summed E-state index contributed by atoms with van der Waals surface area (Å²) in [6.45, 7) is 3.91. The minimum atomic E-state index is -0.405. The molecule has 70 valence electrons. The van der Waals surface area contributed by atoms with Crippen molar-refractivity contribution in [3.63, 3.8) is 0 Å². The minimum absolute atomic E-state index is 0.405. The van der Waals surface area contributed by atoms with E-state index in [0.29, 0.717) is 6.42 Å². The molecule has 1 aromatic heterocycles. The Morgan fingerprint density at radius 3 is 2.85 bits per heavy atom. The van der Waals surface area contributed by atoms with Crippen molar-refractivity contribution in [3.8, 4) is 11.8 Å². The van der Waals surface area contributed by atoms with Crippen LogP contribution in [0.5, 0.6) is 0 Å². The second-order valence-electron chi connectivity index (χ2n) is 2.80. The molecule has 0 bridgehead atoms. The Labute approximate surface area is 83.4 Å². The molecule has 0 aliphatic carbocycles. The number of aliphatic hydroxyl groups is 1. The second-order valence-corrected chi connectivity index (χ2v) is 4.00. The average Bonchev–Trinajstić information content (AvgIpc) is 2.62. The van der Waals surface area contributed by atoms with Crippen molar-refractivity contribution in [2.45, 2.75) is 32.8 Å². The van der Waals surface area contributed by atoms with E-state index < -0.39 is 6.10 Å². The highest BCUT2D eigenvalue weighted by Crippen LogP contribution is 2.25. The number of hydrogen-bond acceptors (Lipinski definition) is 2. The van der Waals surface area contributed by atoms with E-state index in [9.17, 15) is 5.11 Å². The first-order chi connectivity index (χ1) is 6.27. The van der Waals surface area contributed by atoms with Crippen LogP contribution in [0.2, 0.25) is 0 Å². The molecule has 2 heteroatoms. The first kappa shape index (κ1) is 10.3. The van der Waals surface area contributed by atoms with E-state index in [1.165, 1.54) is 4.88 Å². The lowest BCUT2D eigenvalue weighted by Gasteiger charge is -2.01. The van der Waals surface area contributed by atoms with Crippen molar-refractivity contribution in [1.82, 2.24) is 0 Å². The van der Waals surface area contributed by atoms with Gasteiger partial charge in [-0.1, -0.05) is 6.92 Å². The van der Waals surface area contributed by atoms with E-state index >= 15 is 0 Å². The molecule has 0 fully saturated rings.